The minimum Gasteiger partial charge on any atom is -0.445 e. The number of halogens is 1. The smallest absolute Gasteiger partial charge is 0.407 e. The maximum Gasteiger partial charge on any atom is 0.407 e. The number of hydrogen-bond donors (Lipinski definition) is 1. The molecule has 0 unspecified atom stereocenters. The molecule has 0 atom stereocenters. The Labute approximate surface area is 134 Å². The molecule has 1 aliphatic rings. The average molecular weight is 323 g/mol. The van der Waals surface area contributed by atoms with Crippen molar-refractivity contribution < 1.29 is 14.3 Å². The second kappa shape index (κ2) is 7.84. The van der Waals surface area contributed by atoms with Crippen LogP contribution >= 0.6 is 11.6 Å². The van der Waals surface area contributed by atoms with Gasteiger partial charge in [-0.15, -0.1) is 0 Å². The van der Waals surface area contributed by atoms with Crippen LogP contribution in [0, 0.1) is 0 Å². The van der Waals surface area contributed by atoms with Crippen LogP contribution in [0.5, 0.6) is 0 Å². The summed E-state index contributed by atoms with van der Waals surface area (Å²) in [6, 6.07) is 6.90. The SMILES string of the molecule is C=CCOC(=O)NC1CCN(C(=O)c2ccc(Cl)cc2)CC1. The Kier molecular flexibility index (Phi) is 5.83. The molecule has 2 amide bonds. The molecule has 1 heterocycles. The molecule has 0 aliphatic carbocycles. The fraction of sp³-hybridized carbons (Fsp3) is 0.375. The van der Waals surface area contributed by atoms with Gasteiger partial charge in [0.1, 0.15) is 6.61 Å². The number of nitrogens with one attached hydrogen (secondary N) is 1. The second-order valence-corrected chi connectivity index (χ2v) is 5.54. The highest BCUT2D eigenvalue weighted by Crippen LogP contribution is 2.16. The molecular weight excluding hydrogens is 304 g/mol. The summed E-state index contributed by atoms with van der Waals surface area (Å²) >= 11 is 5.82. The molecule has 5 nitrogen and oxygen atoms in total. The molecular formula is C16H19ClN2O3. The van der Waals surface area contributed by atoms with Gasteiger partial charge >= 0.3 is 6.09 Å². The van der Waals surface area contributed by atoms with E-state index in [0.717, 1.165) is 0 Å². The van der Waals surface area contributed by atoms with E-state index >= 15 is 0 Å². The summed E-state index contributed by atoms with van der Waals surface area (Å²) < 4.78 is 4.89. The van der Waals surface area contributed by atoms with Gasteiger partial charge in [0, 0.05) is 29.7 Å². The molecule has 0 spiro atoms. The molecule has 2 rings (SSSR count). The van der Waals surface area contributed by atoms with Crippen LogP contribution in [-0.2, 0) is 4.74 Å². The van der Waals surface area contributed by atoms with Gasteiger partial charge in [0.05, 0.1) is 0 Å². The highest BCUT2D eigenvalue weighted by Gasteiger charge is 2.24. The number of likely N-dealkylation sites (tertiary alicyclic amines) is 1. The maximum atomic E-state index is 12.3. The van der Waals surface area contributed by atoms with Gasteiger partial charge < -0.3 is 15.0 Å². The van der Waals surface area contributed by atoms with Gasteiger partial charge in [-0.3, -0.25) is 4.79 Å². The van der Waals surface area contributed by atoms with Crippen molar-refractivity contribution in [2.45, 2.75) is 18.9 Å². The number of ether oxygens (including phenoxy) is 1. The van der Waals surface area contributed by atoms with E-state index in [1.54, 1.807) is 29.2 Å². The zero-order chi connectivity index (χ0) is 15.9. The largest absolute Gasteiger partial charge is 0.445 e. The van der Waals surface area contributed by atoms with E-state index in [1.807, 2.05) is 0 Å². The molecule has 1 saturated heterocycles. The number of piperidine rings is 1. The highest BCUT2D eigenvalue weighted by molar-refractivity contribution is 6.30. The van der Waals surface area contributed by atoms with E-state index in [0.29, 0.717) is 36.5 Å². The van der Waals surface area contributed by atoms with Crippen molar-refractivity contribution in [3.05, 3.63) is 47.5 Å². The van der Waals surface area contributed by atoms with Gasteiger partial charge in [-0.2, -0.15) is 0 Å². The molecule has 0 radical (unpaired) electrons. The predicted molar refractivity (Wildman–Crippen MR) is 85.1 cm³/mol. The van der Waals surface area contributed by atoms with Crippen molar-refractivity contribution in [1.82, 2.24) is 10.2 Å². The molecule has 1 aliphatic heterocycles. The van der Waals surface area contributed by atoms with Crippen molar-refractivity contribution in [3.8, 4) is 0 Å². The summed E-state index contributed by atoms with van der Waals surface area (Å²) in [5.41, 5.74) is 0.626. The molecule has 0 saturated carbocycles. The quantitative estimate of drug-likeness (QED) is 0.867. The molecule has 0 aromatic heterocycles. The monoisotopic (exact) mass is 322 g/mol. The Morgan fingerprint density at radius 2 is 1.95 bits per heavy atom. The molecule has 1 fully saturated rings. The fourth-order valence-electron chi connectivity index (χ4n) is 2.34. The molecule has 118 valence electrons. The van der Waals surface area contributed by atoms with Gasteiger partial charge in [-0.25, -0.2) is 4.79 Å². The van der Waals surface area contributed by atoms with E-state index < -0.39 is 6.09 Å². The van der Waals surface area contributed by atoms with Gasteiger partial charge in [0.2, 0.25) is 0 Å². The Balaban J connectivity index is 1.81. The van der Waals surface area contributed by atoms with Gasteiger partial charge in [0.15, 0.2) is 0 Å². The van der Waals surface area contributed by atoms with Crippen LogP contribution < -0.4 is 5.32 Å². The third kappa shape index (κ3) is 4.49. The number of nitrogens with zero attached hydrogens (tertiary/aromatic N) is 1. The lowest BCUT2D eigenvalue weighted by molar-refractivity contribution is 0.0703. The van der Waals surface area contributed by atoms with Crippen LogP contribution in [0.25, 0.3) is 0 Å². The van der Waals surface area contributed by atoms with E-state index in [9.17, 15) is 9.59 Å². The van der Waals surface area contributed by atoms with E-state index in [2.05, 4.69) is 11.9 Å². The summed E-state index contributed by atoms with van der Waals surface area (Å²) in [5, 5.41) is 3.40. The number of benzene rings is 1. The lowest BCUT2D eigenvalue weighted by Crippen LogP contribution is -2.46. The Bertz CT molecular complexity index is 537. The Morgan fingerprint density at radius 1 is 1.32 bits per heavy atom. The summed E-state index contributed by atoms with van der Waals surface area (Å²) in [4.78, 5) is 25.6. The lowest BCUT2D eigenvalue weighted by Gasteiger charge is -2.32. The first-order valence-electron chi connectivity index (χ1n) is 7.19. The maximum absolute atomic E-state index is 12.3. The van der Waals surface area contributed by atoms with Crippen LogP contribution in [0.2, 0.25) is 5.02 Å². The molecule has 1 aromatic rings. The zero-order valence-electron chi connectivity index (χ0n) is 12.3. The van der Waals surface area contributed by atoms with Gasteiger partial charge in [0.25, 0.3) is 5.91 Å². The van der Waals surface area contributed by atoms with Gasteiger partial charge in [-0.1, -0.05) is 24.3 Å². The third-order valence-electron chi connectivity index (χ3n) is 3.53. The van der Waals surface area contributed by atoms with Crippen molar-refractivity contribution in [1.29, 1.82) is 0 Å². The minimum absolute atomic E-state index is 0.00986. The molecule has 0 bridgehead atoms. The predicted octanol–water partition coefficient (Wildman–Crippen LogP) is 2.86. The fourth-order valence-corrected chi connectivity index (χ4v) is 2.47. The first kappa shape index (κ1) is 16.4. The number of rotatable bonds is 4. The Hall–Kier alpha value is -2.01. The second-order valence-electron chi connectivity index (χ2n) is 5.10. The third-order valence-corrected chi connectivity index (χ3v) is 3.78. The number of carbonyl (C=O) groups is 2. The standard InChI is InChI=1S/C16H19ClN2O3/c1-2-11-22-16(21)18-14-7-9-19(10-8-14)15(20)12-3-5-13(17)6-4-12/h2-6,14H,1,7-11H2,(H,18,21). The lowest BCUT2D eigenvalue weighted by atomic mass is 10.0. The molecule has 1 aromatic carbocycles. The van der Waals surface area contributed by atoms with Crippen LogP contribution in [0.1, 0.15) is 23.2 Å². The summed E-state index contributed by atoms with van der Waals surface area (Å²) in [7, 11) is 0. The Morgan fingerprint density at radius 3 is 2.55 bits per heavy atom. The first-order valence-corrected chi connectivity index (χ1v) is 7.57. The minimum atomic E-state index is -0.442. The van der Waals surface area contributed by atoms with Crippen molar-refractivity contribution >= 4 is 23.6 Å². The van der Waals surface area contributed by atoms with E-state index in [-0.39, 0.29) is 18.6 Å². The molecule has 22 heavy (non-hydrogen) atoms. The number of hydrogen-bond acceptors (Lipinski definition) is 3. The van der Waals surface area contributed by atoms with E-state index in [4.69, 9.17) is 16.3 Å². The zero-order valence-corrected chi connectivity index (χ0v) is 13.0. The number of carbonyl (C=O) groups excluding carboxylic acids is 2. The van der Waals surface area contributed by atoms with Crippen molar-refractivity contribution in [2.24, 2.45) is 0 Å². The van der Waals surface area contributed by atoms with Crippen LogP contribution in [0.3, 0.4) is 0 Å². The van der Waals surface area contributed by atoms with Gasteiger partial charge in [-0.05, 0) is 37.1 Å². The van der Waals surface area contributed by atoms with Crippen molar-refractivity contribution in [3.63, 3.8) is 0 Å². The number of alkyl carbamates (subject to hydrolysis) is 1. The normalized spacial score (nSPS) is 15.2. The summed E-state index contributed by atoms with van der Waals surface area (Å²) in [6.45, 7) is 4.89. The summed E-state index contributed by atoms with van der Waals surface area (Å²) in [5.74, 6) is -0.00986. The molecule has 1 N–H and O–H groups in total. The molecule has 6 heteroatoms. The van der Waals surface area contributed by atoms with Crippen LogP contribution in [0.15, 0.2) is 36.9 Å². The van der Waals surface area contributed by atoms with Crippen LogP contribution in [0.4, 0.5) is 4.79 Å². The average Bonchev–Trinajstić information content (AvgIpc) is 2.54. The topological polar surface area (TPSA) is 58.6 Å². The van der Waals surface area contributed by atoms with Crippen molar-refractivity contribution in [2.75, 3.05) is 19.7 Å². The van der Waals surface area contributed by atoms with E-state index in [1.165, 1.54) is 6.08 Å². The number of amides is 2. The first-order chi connectivity index (χ1) is 10.6. The summed E-state index contributed by atoms with van der Waals surface area (Å²) in [6.07, 6.45) is 2.50. The highest BCUT2D eigenvalue weighted by atomic mass is 35.5. The van der Waals surface area contributed by atoms with Crippen LogP contribution in [-0.4, -0.2) is 42.6 Å².